The Balaban J connectivity index is 2.17. The number of hydrogen-bond donors (Lipinski definition) is 0. The maximum absolute atomic E-state index is 6.30. The van der Waals surface area contributed by atoms with Gasteiger partial charge in [0.2, 0.25) is 0 Å². The van der Waals surface area contributed by atoms with Gasteiger partial charge in [-0.15, -0.1) is 0 Å². The van der Waals surface area contributed by atoms with E-state index in [-0.39, 0.29) is 0 Å². The third-order valence-electron chi connectivity index (χ3n) is 4.29. The van der Waals surface area contributed by atoms with E-state index >= 15 is 0 Å². The molecule has 0 bridgehead atoms. The Morgan fingerprint density at radius 2 is 1.38 bits per heavy atom. The van der Waals surface area contributed by atoms with Crippen molar-refractivity contribution >= 4 is 19.8 Å². The van der Waals surface area contributed by atoms with Crippen LogP contribution >= 0.6 is 0 Å². The van der Waals surface area contributed by atoms with E-state index in [2.05, 4.69) is 26.0 Å². The molecule has 0 saturated carbocycles. The van der Waals surface area contributed by atoms with E-state index in [4.69, 9.17) is 17.7 Å². The number of rotatable bonds is 13. The van der Waals surface area contributed by atoms with Gasteiger partial charge in [-0.3, -0.25) is 0 Å². The summed E-state index contributed by atoms with van der Waals surface area (Å²) in [6.07, 6.45) is 6.49. The summed E-state index contributed by atoms with van der Waals surface area (Å²) >= 11 is 0. The molecule has 0 aliphatic rings. The van der Waals surface area contributed by atoms with E-state index in [1.165, 1.54) is 0 Å². The van der Waals surface area contributed by atoms with Crippen LogP contribution in [0.2, 0.25) is 0 Å². The average molecular weight is 377 g/mol. The summed E-state index contributed by atoms with van der Waals surface area (Å²) in [7, 11) is -1.61. The minimum Gasteiger partial charge on any atom is -0.479 e. The monoisotopic (exact) mass is 376 g/mol. The predicted octanol–water partition coefficient (Wildman–Crippen LogP) is 5.71. The van der Waals surface area contributed by atoms with Gasteiger partial charge in [-0.05, 0) is 24.3 Å². The van der Waals surface area contributed by atoms with Crippen LogP contribution in [-0.4, -0.2) is 29.4 Å². The molecule has 0 N–H and O–H groups in total. The molecule has 0 aromatic heterocycles. The molecule has 0 unspecified atom stereocenters. The van der Waals surface area contributed by atoms with Gasteiger partial charge >= 0.3 is 9.05 Å². The van der Waals surface area contributed by atoms with Gasteiger partial charge in [0.25, 0.3) is 0 Å². The SMILES string of the molecule is CCCCCO[Si](OC)(OCCCCC)Oc1cccc2ccccc12. The van der Waals surface area contributed by atoms with Crippen LogP contribution < -0.4 is 4.43 Å². The Labute approximate surface area is 158 Å². The summed E-state index contributed by atoms with van der Waals surface area (Å²) in [6.45, 7) is 5.53. The lowest BCUT2D eigenvalue weighted by Gasteiger charge is -2.27. The summed E-state index contributed by atoms with van der Waals surface area (Å²) in [5.74, 6) is 0.752. The molecule has 5 heteroatoms. The molecule has 2 aromatic carbocycles. The molecular weight excluding hydrogens is 344 g/mol. The predicted molar refractivity (Wildman–Crippen MR) is 108 cm³/mol. The smallest absolute Gasteiger partial charge is 0.479 e. The van der Waals surface area contributed by atoms with Gasteiger partial charge in [0.1, 0.15) is 5.75 Å². The van der Waals surface area contributed by atoms with Crippen LogP contribution in [0.4, 0.5) is 0 Å². The van der Waals surface area contributed by atoms with E-state index in [0.29, 0.717) is 13.2 Å². The number of unbranched alkanes of at least 4 members (excludes halogenated alkanes) is 4. The number of benzene rings is 2. The molecule has 2 aromatic rings. The van der Waals surface area contributed by atoms with Gasteiger partial charge in [-0.2, -0.15) is 0 Å². The first-order valence-corrected chi connectivity index (χ1v) is 11.4. The van der Waals surface area contributed by atoms with Crippen molar-refractivity contribution in [3.8, 4) is 5.75 Å². The fourth-order valence-corrected chi connectivity index (χ4v) is 4.53. The highest BCUT2D eigenvalue weighted by atomic mass is 28.4. The van der Waals surface area contributed by atoms with Gasteiger partial charge in [0.05, 0.1) is 0 Å². The maximum atomic E-state index is 6.30. The molecule has 0 atom stereocenters. The van der Waals surface area contributed by atoms with Crippen LogP contribution in [0.3, 0.4) is 0 Å². The third-order valence-corrected chi connectivity index (χ3v) is 6.37. The van der Waals surface area contributed by atoms with Crippen molar-refractivity contribution in [2.24, 2.45) is 0 Å². The van der Waals surface area contributed by atoms with Crippen LogP contribution in [0.25, 0.3) is 10.8 Å². The second-order valence-corrected chi connectivity index (χ2v) is 8.58. The van der Waals surface area contributed by atoms with Crippen LogP contribution in [-0.2, 0) is 13.3 Å². The second-order valence-electron chi connectivity index (χ2n) is 6.39. The zero-order chi connectivity index (χ0) is 18.7. The summed E-state index contributed by atoms with van der Waals surface area (Å²) in [5, 5.41) is 2.17. The molecule has 0 heterocycles. The van der Waals surface area contributed by atoms with Gasteiger partial charge in [-0.25, -0.2) is 0 Å². The van der Waals surface area contributed by atoms with Crippen LogP contribution in [0, 0.1) is 0 Å². The first-order chi connectivity index (χ1) is 12.7. The van der Waals surface area contributed by atoms with Gasteiger partial charge in [0.15, 0.2) is 0 Å². The van der Waals surface area contributed by atoms with E-state index in [9.17, 15) is 0 Å². The lowest BCUT2D eigenvalue weighted by Crippen LogP contribution is -2.51. The molecule has 0 spiro atoms. The first-order valence-electron chi connectivity index (χ1n) is 9.74. The number of hydrogen-bond acceptors (Lipinski definition) is 4. The fourth-order valence-electron chi connectivity index (χ4n) is 2.78. The Morgan fingerprint density at radius 1 is 0.769 bits per heavy atom. The topological polar surface area (TPSA) is 36.9 Å². The molecule has 2 rings (SSSR count). The summed E-state index contributed by atoms with van der Waals surface area (Å²) in [4.78, 5) is 0. The minimum absolute atomic E-state index is 0.590. The summed E-state index contributed by atoms with van der Waals surface area (Å²) in [6, 6.07) is 14.2. The standard InChI is InChI=1S/C21H32O4Si/c1-4-6-10-17-23-26(22-3,24-18-11-7-5-2)25-21-16-12-14-19-13-8-9-15-20(19)21/h8-9,12-16H,4-7,10-11,17-18H2,1-3H3. The molecule has 0 fully saturated rings. The fraction of sp³-hybridized carbons (Fsp3) is 0.524. The highest BCUT2D eigenvalue weighted by molar-refractivity contribution is 6.54. The Bertz CT molecular complexity index is 629. The Kier molecular flexibility index (Phi) is 9.12. The van der Waals surface area contributed by atoms with E-state index in [1.54, 1.807) is 7.11 Å². The van der Waals surface area contributed by atoms with Crippen molar-refractivity contribution in [3.63, 3.8) is 0 Å². The molecule has 0 aliphatic heterocycles. The zero-order valence-corrected chi connectivity index (χ0v) is 17.3. The molecule has 0 aliphatic carbocycles. The van der Waals surface area contributed by atoms with Crippen molar-refractivity contribution in [2.45, 2.75) is 52.4 Å². The van der Waals surface area contributed by atoms with Crippen LogP contribution in [0.5, 0.6) is 5.75 Å². The van der Waals surface area contributed by atoms with Crippen molar-refractivity contribution in [3.05, 3.63) is 42.5 Å². The second kappa shape index (κ2) is 11.3. The van der Waals surface area contributed by atoms with Crippen molar-refractivity contribution in [1.82, 2.24) is 0 Å². The number of fused-ring (bicyclic) bond motifs is 1. The molecule has 0 radical (unpaired) electrons. The lowest BCUT2D eigenvalue weighted by molar-refractivity contribution is 0.0138. The molecule has 4 nitrogen and oxygen atoms in total. The normalized spacial score (nSPS) is 11.8. The largest absolute Gasteiger partial charge is 0.749 e. The minimum atomic E-state index is -3.23. The van der Waals surface area contributed by atoms with Crippen molar-refractivity contribution in [2.75, 3.05) is 20.3 Å². The summed E-state index contributed by atoms with van der Waals surface area (Å²) in [5.41, 5.74) is 0. The Morgan fingerprint density at radius 3 is 2.00 bits per heavy atom. The highest BCUT2D eigenvalue weighted by Gasteiger charge is 2.47. The third kappa shape index (κ3) is 6.09. The zero-order valence-electron chi connectivity index (χ0n) is 16.3. The lowest BCUT2D eigenvalue weighted by atomic mass is 10.1. The van der Waals surface area contributed by atoms with Gasteiger partial charge < -0.3 is 17.7 Å². The van der Waals surface area contributed by atoms with E-state index in [1.807, 2.05) is 30.3 Å². The molecular formula is C21H32O4Si. The molecule has 0 amide bonds. The van der Waals surface area contributed by atoms with Crippen LogP contribution in [0.15, 0.2) is 42.5 Å². The van der Waals surface area contributed by atoms with E-state index < -0.39 is 9.05 Å². The van der Waals surface area contributed by atoms with Crippen molar-refractivity contribution in [1.29, 1.82) is 0 Å². The van der Waals surface area contributed by atoms with Gasteiger partial charge in [0, 0.05) is 25.7 Å². The highest BCUT2D eigenvalue weighted by Crippen LogP contribution is 2.28. The van der Waals surface area contributed by atoms with E-state index in [0.717, 1.165) is 55.0 Å². The maximum Gasteiger partial charge on any atom is 0.749 e. The molecule has 26 heavy (non-hydrogen) atoms. The summed E-state index contributed by atoms with van der Waals surface area (Å²) < 4.78 is 24.2. The first kappa shape index (κ1) is 20.9. The molecule has 144 valence electrons. The quantitative estimate of drug-likeness (QED) is 0.331. The van der Waals surface area contributed by atoms with Crippen molar-refractivity contribution < 1.29 is 17.7 Å². The average Bonchev–Trinajstić information content (AvgIpc) is 2.68. The van der Waals surface area contributed by atoms with Gasteiger partial charge in [-0.1, -0.05) is 75.9 Å². The van der Waals surface area contributed by atoms with Crippen LogP contribution in [0.1, 0.15) is 52.4 Å². The Hall–Kier alpha value is -1.40. The molecule has 0 saturated heterocycles.